The second kappa shape index (κ2) is 7.36. The highest BCUT2D eigenvalue weighted by atomic mass is 16.5. The molecule has 2 aromatic rings. The highest BCUT2D eigenvalue weighted by molar-refractivity contribution is 6.02. The molecular weight excluding hydrogens is 318 g/mol. The average molecular weight is 339 g/mol. The van der Waals surface area contributed by atoms with Crippen molar-refractivity contribution in [1.29, 1.82) is 0 Å². The summed E-state index contributed by atoms with van der Waals surface area (Å²) in [5, 5.41) is 5.52. The molecule has 0 aliphatic heterocycles. The molecule has 0 radical (unpaired) electrons. The topological polar surface area (TPSA) is 93.5 Å². The first kappa shape index (κ1) is 17.0. The van der Waals surface area contributed by atoms with Crippen LogP contribution in [0.4, 0.5) is 10.5 Å². The smallest absolute Gasteiger partial charge is 0.408 e. The number of carbonyl (C=O) groups excluding carboxylic acids is 2. The Morgan fingerprint density at radius 3 is 2.44 bits per heavy atom. The van der Waals surface area contributed by atoms with Crippen LogP contribution in [-0.4, -0.2) is 17.5 Å². The zero-order valence-corrected chi connectivity index (χ0v) is 13.8. The lowest BCUT2D eigenvalue weighted by Gasteiger charge is -2.17. The van der Waals surface area contributed by atoms with Crippen molar-refractivity contribution in [2.75, 3.05) is 5.32 Å². The van der Waals surface area contributed by atoms with Crippen LogP contribution in [-0.2, 0) is 22.7 Å². The van der Waals surface area contributed by atoms with Crippen molar-refractivity contribution in [1.82, 2.24) is 5.32 Å². The first-order chi connectivity index (χ1) is 12.1. The molecule has 0 spiro atoms. The summed E-state index contributed by atoms with van der Waals surface area (Å²) >= 11 is 0. The molecule has 1 aliphatic carbocycles. The van der Waals surface area contributed by atoms with Crippen LogP contribution >= 0.6 is 0 Å². The van der Waals surface area contributed by atoms with Gasteiger partial charge in [-0.05, 0) is 36.1 Å². The summed E-state index contributed by atoms with van der Waals surface area (Å²) in [7, 11) is 0. The predicted octanol–water partition coefficient (Wildman–Crippen LogP) is 2.54. The molecule has 0 atom stereocenters. The normalized spacial score (nSPS) is 14.4. The van der Waals surface area contributed by atoms with E-state index in [0.29, 0.717) is 25.1 Å². The number of alkyl carbamates (subject to hydrolysis) is 1. The van der Waals surface area contributed by atoms with Crippen LogP contribution in [0.15, 0.2) is 54.6 Å². The van der Waals surface area contributed by atoms with E-state index in [-0.39, 0.29) is 12.5 Å². The predicted molar refractivity (Wildman–Crippen MR) is 94.7 cm³/mol. The van der Waals surface area contributed by atoms with E-state index in [2.05, 4.69) is 10.6 Å². The average Bonchev–Trinajstić information content (AvgIpc) is 3.42. The Morgan fingerprint density at radius 1 is 1.04 bits per heavy atom. The number of hydrogen-bond donors (Lipinski definition) is 3. The maximum atomic E-state index is 12.5. The van der Waals surface area contributed by atoms with Gasteiger partial charge >= 0.3 is 6.09 Å². The summed E-state index contributed by atoms with van der Waals surface area (Å²) in [6.07, 6.45) is 0.596. The Kier molecular flexibility index (Phi) is 5.00. The molecule has 0 saturated heterocycles. The Labute approximate surface area is 146 Å². The van der Waals surface area contributed by atoms with E-state index in [1.807, 2.05) is 48.5 Å². The van der Waals surface area contributed by atoms with Crippen molar-refractivity contribution in [2.45, 2.75) is 31.5 Å². The van der Waals surface area contributed by atoms with Crippen molar-refractivity contribution in [2.24, 2.45) is 5.73 Å². The molecule has 0 aromatic heterocycles. The largest absolute Gasteiger partial charge is 0.445 e. The molecule has 6 nitrogen and oxygen atoms in total. The van der Waals surface area contributed by atoms with Gasteiger partial charge in [0.25, 0.3) is 0 Å². The molecule has 25 heavy (non-hydrogen) atoms. The van der Waals surface area contributed by atoms with E-state index >= 15 is 0 Å². The minimum atomic E-state index is -0.882. The molecule has 0 heterocycles. The van der Waals surface area contributed by atoms with Crippen LogP contribution in [0.2, 0.25) is 0 Å². The van der Waals surface area contributed by atoms with Gasteiger partial charge in [-0.25, -0.2) is 4.79 Å². The maximum Gasteiger partial charge on any atom is 0.408 e. The summed E-state index contributed by atoms with van der Waals surface area (Å²) in [4.78, 5) is 24.5. The lowest BCUT2D eigenvalue weighted by molar-refractivity contribution is -0.119. The van der Waals surface area contributed by atoms with E-state index in [1.54, 1.807) is 6.07 Å². The fraction of sp³-hybridized carbons (Fsp3) is 0.263. The SMILES string of the molecule is NCc1cccc(NC(=O)C2(NC(=O)OCc3ccccc3)CC2)c1. The summed E-state index contributed by atoms with van der Waals surface area (Å²) in [5.41, 5.74) is 7.21. The van der Waals surface area contributed by atoms with Gasteiger partial charge in [0, 0.05) is 12.2 Å². The molecule has 0 unspecified atom stereocenters. The van der Waals surface area contributed by atoms with E-state index in [4.69, 9.17) is 10.5 Å². The molecule has 4 N–H and O–H groups in total. The fourth-order valence-corrected chi connectivity index (χ4v) is 2.52. The highest BCUT2D eigenvalue weighted by Gasteiger charge is 2.51. The van der Waals surface area contributed by atoms with Crippen LogP contribution in [0.3, 0.4) is 0 Å². The van der Waals surface area contributed by atoms with E-state index in [1.165, 1.54) is 0 Å². The fourth-order valence-electron chi connectivity index (χ4n) is 2.52. The molecular formula is C19H21N3O3. The molecule has 1 aliphatic rings. The van der Waals surface area contributed by atoms with Crippen LogP contribution in [0, 0.1) is 0 Å². The summed E-state index contributed by atoms with van der Waals surface area (Å²) in [6, 6.07) is 16.7. The van der Waals surface area contributed by atoms with Crippen molar-refractivity contribution in [3.8, 4) is 0 Å². The third-order valence-electron chi connectivity index (χ3n) is 4.16. The van der Waals surface area contributed by atoms with Gasteiger partial charge in [-0.2, -0.15) is 0 Å². The number of rotatable bonds is 6. The summed E-state index contributed by atoms with van der Waals surface area (Å²) in [6.45, 7) is 0.571. The van der Waals surface area contributed by atoms with Gasteiger partial charge in [0.15, 0.2) is 0 Å². The second-order valence-corrected chi connectivity index (χ2v) is 6.13. The number of carbonyl (C=O) groups is 2. The molecule has 3 rings (SSSR count). The zero-order valence-electron chi connectivity index (χ0n) is 13.8. The van der Waals surface area contributed by atoms with Gasteiger partial charge in [0.2, 0.25) is 5.91 Å². The number of benzene rings is 2. The Balaban J connectivity index is 1.54. The summed E-state index contributed by atoms with van der Waals surface area (Å²) < 4.78 is 5.19. The number of hydrogen-bond acceptors (Lipinski definition) is 4. The van der Waals surface area contributed by atoms with Crippen LogP contribution < -0.4 is 16.4 Å². The quantitative estimate of drug-likeness (QED) is 0.754. The van der Waals surface area contributed by atoms with Gasteiger partial charge in [0.05, 0.1) is 0 Å². The van der Waals surface area contributed by atoms with E-state index in [0.717, 1.165) is 11.1 Å². The van der Waals surface area contributed by atoms with Gasteiger partial charge < -0.3 is 21.1 Å². The van der Waals surface area contributed by atoms with Crippen LogP contribution in [0.25, 0.3) is 0 Å². The number of nitrogens with two attached hydrogens (primary N) is 1. The third kappa shape index (κ3) is 4.36. The Bertz CT molecular complexity index is 758. The van der Waals surface area contributed by atoms with Crippen molar-refractivity contribution < 1.29 is 14.3 Å². The first-order valence-electron chi connectivity index (χ1n) is 8.21. The number of ether oxygens (including phenoxy) is 1. The second-order valence-electron chi connectivity index (χ2n) is 6.13. The van der Waals surface area contributed by atoms with Crippen LogP contribution in [0.5, 0.6) is 0 Å². The third-order valence-corrected chi connectivity index (χ3v) is 4.16. The van der Waals surface area contributed by atoms with E-state index in [9.17, 15) is 9.59 Å². The monoisotopic (exact) mass is 339 g/mol. The maximum absolute atomic E-state index is 12.5. The number of nitrogens with one attached hydrogen (secondary N) is 2. The molecule has 0 bridgehead atoms. The Morgan fingerprint density at radius 2 is 1.76 bits per heavy atom. The van der Waals surface area contributed by atoms with Gasteiger partial charge in [0.1, 0.15) is 12.1 Å². The molecule has 6 heteroatoms. The number of amides is 2. The molecule has 130 valence electrons. The highest BCUT2D eigenvalue weighted by Crippen LogP contribution is 2.36. The van der Waals surface area contributed by atoms with Crippen molar-refractivity contribution in [3.05, 3.63) is 65.7 Å². The minimum absolute atomic E-state index is 0.170. The van der Waals surface area contributed by atoms with Crippen LogP contribution in [0.1, 0.15) is 24.0 Å². The summed E-state index contributed by atoms with van der Waals surface area (Å²) in [5.74, 6) is -0.238. The number of anilines is 1. The van der Waals surface area contributed by atoms with E-state index < -0.39 is 11.6 Å². The minimum Gasteiger partial charge on any atom is -0.445 e. The van der Waals surface area contributed by atoms with Gasteiger partial charge in [-0.15, -0.1) is 0 Å². The first-order valence-corrected chi connectivity index (χ1v) is 8.21. The molecule has 1 saturated carbocycles. The van der Waals surface area contributed by atoms with Crippen molar-refractivity contribution in [3.63, 3.8) is 0 Å². The van der Waals surface area contributed by atoms with Gasteiger partial charge in [-0.1, -0.05) is 42.5 Å². The molecule has 2 amide bonds. The standard InChI is InChI=1S/C19H21N3O3/c20-12-15-7-4-8-16(11-15)21-17(23)19(9-10-19)22-18(24)25-13-14-5-2-1-3-6-14/h1-8,11H,9-10,12-13,20H2,(H,21,23)(H,22,24). The zero-order chi connectivity index (χ0) is 17.7. The van der Waals surface area contributed by atoms with Gasteiger partial charge in [-0.3, -0.25) is 4.79 Å². The lowest BCUT2D eigenvalue weighted by Crippen LogP contribution is -2.46. The molecule has 2 aromatic carbocycles. The lowest BCUT2D eigenvalue weighted by atomic mass is 10.2. The Hall–Kier alpha value is -2.86. The molecule has 1 fully saturated rings. The van der Waals surface area contributed by atoms with Crippen molar-refractivity contribution >= 4 is 17.7 Å².